The Morgan fingerprint density at radius 3 is 2.67 bits per heavy atom. The van der Waals surface area contributed by atoms with Gasteiger partial charge in [-0.2, -0.15) is 0 Å². The first-order chi connectivity index (χ1) is 11.8. The molecule has 0 amide bonds. The van der Waals surface area contributed by atoms with Crippen LogP contribution in [0.3, 0.4) is 0 Å². The van der Waals surface area contributed by atoms with E-state index >= 15 is 0 Å². The van der Waals surface area contributed by atoms with Gasteiger partial charge in [0, 0.05) is 19.0 Å². The normalized spacial score (nSPS) is 12.6. The summed E-state index contributed by atoms with van der Waals surface area (Å²) in [5.41, 5.74) is 3.16. The largest absolute Gasteiger partial charge is 0.454 e. The van der Waals surface area contributed by atoms with Gasteiger partial charge >= 0.3 is 0 Å². The van der Waals surface area contributed by atoms with Crippen LogP contribution in [-0.2, 0) is 0 Å². The standard InChI is InChI=1S/C19H19N3O2/c1-3-8-22(2)19-15-9-13(4-6-16(15)20-11-21-19)14-5-7-17-18(10-14)24-12-23-17/h4-7,9-11H,3,8,12H2,1-2H3. The van der Waals surface area contributed by atoms with Crippen molar-refractivity contribution in [1.82, 2.24) is 9.97 Å². The lowest BCUT2D eigenvalue weighted by atomic mass is 10.0. The Kier molecular flexibility index (Phi) is 3.69. The highest BCUT2D eigenvalue weighted by Gasteiger charge is 2.15. The molecule has 5 heteroatoms. The lowest BCUT2D eigenvalue weighted by Crippen LogP contribution is -2.19. The highest BCUT2D eigenvalue weighted by Crippen LogP contribution is 2.37. The Balaban J connectivity index is 1.81. The second-order valence-corrected chi connectivity index (χ2v) is 5.92. The molecule has 3 aromatic rings. The molecule has 0 atom stereocenters. The fourth-order valence-electron chi connectivity index (χ4n) is 3.04. The molecule has 24 heavy (non-hydrogen) atoms. The van der Waals surface area contributed by atoms with Crippen molar-refractivity contribution in [3.63, 3.8) is 0 Å². The number of fused-ring (bicyclic) bond motifs is 2. The molecule has 5 nitrogen and oxygen atoms in total. The lowest BCUT2D eigenvalue weighted by molar-refractivity contribution is 0.174. The molecule has 4 rings (SSSR count). The lowest BCUT2D eigenvalue weighted by Gasteiger charge is -2.19. The minimum absolute atomic E-state index is 0.288. The topological polar surface area (TPSA) is 47.5 Å². The highest BCUT2D eigenvalue weighted by molar-refractivity contribution is 5.93. The first-order valence-electron chi connectivity index (χ1n) is 8.12. The maximum absolute atomic E-state index is 5.49. The van der Waals surface area contributed by atoms with Crippen LogP contribution in [0.15, 0.2) is 42.7 Å². The van der Waals surface area contributed by atoms with Crippen molar-refractivity contribution in [3.8, 4) is 22.6 Å². The van der Waals surface area contributed by atoms with Crippen LogP contribution in [0.4, 0.5) is 5.82 Å². The van der Waals surface area contributed by atoms with Crippen LogP contribution in [0.25, 0.3) is 22.0 Å². The van der Waals surface area contributed by atoms with E-state index in [4.69, 9.17) is 9.47 Å². The number of aromatic nitrogens is 2. The molecule has 0 spiro atoms. The van der Waals surface area contributed by atoms with Crippen molar-refractivity contribution in [2.24, 2.45) is 0 Å². The summed E-state index contributed by atoms with van der Waals surface area (Å²) in [4.78, 5) is 11.1. The van der Waals surface area contributed by atoms with E-state index in [0.717, 1.165) is 52.3 Å². The zero-order chi connectivity index (χ0) is 16.5. The number of hydrogen-bond donors (Lipinski definition) is 0. The number of rotatable bonds is 4. The summed E-state index contributed by atoms with van der Waals surface area (Å²) in [5, 5.41) is 1.06. The smallest absolute Gasteiger partial charge is 0.231 e. The Labute approximate surface area is 140 Å². The first-order valence-corrected chi connectivity index (χ1v) is 8.12. The van der Waals surface area contributed by atoms with Crippen LogP contribution in [0.2, 0.25) is 0 Å². The van der Waals surface area contributed by atoms with Crippen molar-refractivity contribution >= 4 is 16.7 Å². The maximum Gasteiger partial charge on any atom is 0.231 e. The van der Waals surface area contributed by atoms with Crippen LogP contribution in [0.1, 0.15) is 13.3 Å². The van der Waals surface area contributed by atoms with Gasteiger partial charge in [-0.3, -0.25) is 0 Å². The summed E-state index contributed by atoms with van der Waals surface area (Å²) in [7, 11) is 2.07. The fraction of sp³-hybridized carbons (Fsp3) is 0.263. The minimum Gasteiger partial charge on any atom is -0.454 e. The van der Waals surface area contributed by atoms with E-state index in [1.165, 1.54) is 0 Å². The van der Waals surface area contributed by atoms with Crippen molar-refractivity contribution < 1.29 is 9.47 Å². The summed E-state index contributed by atoms with van der Waals surface area (Å²) < 4.78 is 10.9. The van der Waals surface area contributed by atoms with E-state index in [-0.39, 0.29) is 6.79 Å². The summed E-state index contributed by atoms with van der Waals surface area (Å²) in [5.74, 6) is 2.55. The SMILES string of the molecule is CCCN(C)c1ncnc2ccc(-c3ccc4c(c3)OCO4)cc12. The molecule has 0 saturated carbocycles. The van der Waals surface area contributed by atoms with Gasteiger partial charge in [-0.25, -0.2) is 9.97 Å². The Morgan fingerprint density at radius 1 is 1.00 bits per heavy atom. The van der Waals surface area contributed by atoms with Gasteiger partial charge in [0.05, 0.1) is 5.52 Å². The number of ether oxygens (including phenoxy) is 2. The third-order valence-corrected chi connectivity index (χ3v) is 4.24. The average Bonchev–Trinajstić information content (AvgIpc) is 3.08. The molecule has 0 unspecified atom stereocenters. The Hall–Kier alpha value is -2.82. The zero-order valence-electron chi connectivity index (χ0n) is 13.8. The molecule has 0 radical (unpaired) electrons. The zero-order valence-corrected chi connectivity index (χ0v) is 13.8. The predicted molar refractivity (Wildman–Crippen MR) is 94.7 cm³/mol. The predicted octanol–water partition coefficient (Wildman–Crippen LogP) is 3.87. The van der Waals surface area contributed by atoms with E-state index < -0.39 is 0 Å². The van der Waals surface area contributed by atoms with Crippen LogP contribution in [-0.4, -0.2) is 30.4 Å². The molecule has 1 aliphatic heterocycles. The van der Waals surface area contributed by atoms with Gasteiger partial charge in [-0.15, -0.1) is 0 Å². The van der Waals surface area contributed by atoms with E-state index in [0.29, 0.717) is 0 Å². The van der Waals surface area contributed by atoms with E-state index in [1.807, 2.05) is 24.3 Å². The van der Waals surface area contributed by atoms with Gasteiger partial charge < -0.3 is 14.4 Å². The van der Waals surface area contributed by atoms with E-state index in [9.17, 15) is 0 Å². The second kappa shape index (κ2) is 6.00. The van der Waals surface area contributed by atoms with Gasteiger partial charge in [0.1, 0.15) is 12.1 Å². The first kappa shape index (κ1) is 14.8. The Morgan fingerprint density at radius 2 is 1.79 bits per heavy atom. The van der Waals surface area contributed by atoms with Gasteiger partial charge in [0.25, 0.3) is 0 Å². The van der Waals surface area contributed by atoms with Crippen LogP contribution >= 0.6 is 0 Å². The summed E-state index contributed by atoms with van der Waals surface area (Å²) in [6, 6.07) is 12.3. The monoisotopic (exact) mass is 321 g/mol. The molecular formula is C19H19N3O2. The van der Waals surface area contributed by atoms with Crippen molar-refractivity contribution in [2.75, 3.05) is 25.3 Å². The van der Waals surface area contributed by atoms with Crippen LogP contribution < -0.4 is 14.4 Å². The molecule has 0 bridgehead atoms. The maximum atomic E-state index is 5.49. The molecule has 2 aromatic carbocycles. The number of hydrogen-bond acceptors (Lipinski definition) is 5. The van der Waals surface area contributed by atoms with Gasteiger partial charge in [-0.05, 0) is 41.8 Å². The van der Waals surface area contributed by atoms with Crippen LogP contribution in [0, 0.1) is 0 Å². The van der Waals surface area contributed by atoms with E-state index in [2.05, 4.69) is 41.0 Å². The summed E-state index contributed by atoms with van der Waals surface area (Å²) in [6.07, 6.45) is 2.70. The molecule has 122 valence electrons. The summed E-state index contributed by atoms with van der Waals surface area (Å²) in [6.45, 7) is 3.41. The van der Waals surface area contributed by atoms with Gasteiger partial charge in [0.2, 0.25) is 6.79 Å². The molecule has 0 saturated heterocycles. The minimum atomic E-state index is 0.288. The highest BCUT2D eigenvalue weighted by atomic mass is 16.7. The average molecular weight is 321 g/mol. The number of benzene rings is 2. The Bertz CT molecular complexity index is 895. The molecule has 2 heterocycles. The second-order valence-electron chi connectivity index (χ2n) is 5.92. The van der Waals surface area contributed by atoms with Crippen molar-refractivity contribution in [3.05, 3.63) is 42.7 Å². The molecule has 1 aliphatic rings. The molecule has 0 aliphatic carbocycles. The van der Waals surface area contributed by atoms with Crippen molar-refractivity contribution in [1.29, 1.82) is 0 Å². The van der Waals surface area contributed by atoms with Crippen LogP contribution in [0.5, 0.6) is 11.5 Å². The third kappa shape index (κ3) is 2.52. The van der Waals surface area contributed by atoms with Crippen molar-refractivity contribution in [2.45, 2.75) is 13.3 Å². The molecule has 0 fully saturated rings. The molecule has 1 aromatic heterocycles. The quantitative estimate of drug-likeness (QED) is 0.730. The molecular weight excluding hydrogens is 302 g/mol. The van der Waals surface area contributed by atoms with E-state index in [1.54, 1.807) is 6.33 Å². The fourth-order valence-corrected chi connectivity index (χ4v) is 3.04. The molecule has 0 N–H and O–H groups in total. The third-order valence-electron chi connectivity index (χ3n) is 4.24. The summed E-state index contributed by atoms with van der Waals surface area (Å²) >= 11 is 0. The number of nitrogens with zero attached hydrogens (tertiary/aromatic N) is 3. The number of anilines is 1. The van der Waals surface area contributed by atoms with Gasteiger partial charge in [0.15, 0.2) is 11.5 Å². The van der Waals surface area contributed by atoms with Gasteiger partial charge in [-0.1, -0.05) is 19.1 Å².